The first-order chi connectivity index (χ1) is 22.3. The molecule has 0 N–H and O–H groups in total. The maximum atomic E-state index is 15.2. The van der Waals surface area contributed by atoms with Gasteiger partial charge in [-0.3, -0.25) is 0 Å². The van der Waals surface area contributed by atoms with E-state index in [4.69, 9.17) is 17.8 Å². The smallest absolute Gasteiger partial charge is 0.460 e. The third kappa shape index (κ3) is 7.62. The van der Waals surface area contributed by atoms with Crippen LogP contribution in [0.3, 0.4) is 0 Å². The highest BCUT2D eigenvalue weighted by Crippen LogP contribution is 2.71. The highest BCUT2D eigenvalue weighted by molar-refractivity contribution is 8.33. The fourth-order valence-electron chi connectivity index (χ4n) is 4.06. The minimum absolute atomic E-state index is 0.227. The number of benzene rings is 3. The first-order valence-electron chi connectivity index (χ1n) is 14.5. The lowest BCUT2D eigenvalue weighted by Crippen LogP contribution is -2.63. The van der Waals surface area contributed by atoms with Gasteiger partial charge < -0.3 is 14.2 Å². The van der Waals surface area contributed by atoms with E-state index >= 15 is 8.78 Å². The molecular formula is C31H33F9O6S2. The number of hydrogen-bond donors (Lipinski definition) is 0. The summed E-state index contributed by atoms with van der Waals surface area (Å²) in [6.07, 6.45) is -5.49. The van der Waals surface area contributed by atoms with Gasteiger partial charge in [0, 0.05) is 14.7 Å². The summed E-state index contributed by atoms with van der Waals surface area (Å²) < 4.78 is 174. The van der Waals surface area contributed by atoms with Crippen molar-refractivity contribution in [2.24, 2.45) is 0 Å². The fraction of sp³-hybridized carbons (Fsp3) is 0.419. The van der Waals surface area contributed by atoms with Crippen LogP contribution >= 0.6 is 10.3 Å². The second-order valence-corrected chi connectivity index (χ2v) is 14.7. The molecule has 0 unspecified atom stereocenters. The summed E-state index contributed by atoms with van der Waals surface area (Å²) in [5, 5.41) is -7.10. The Morgan fingerprint density at radius 2 is 0.792 bits per heavy atom. The van der Waals surface area contributed by atoms with Crippen molar-refractivity contribution < 1.29 is 65.8 Å². The van der Waals surface area contributed by atoms with Crippen molar-refractivity contribution in [3.63, 3.8) is 0 Å². The van der Waals surface area contributed by atoms with E-state index < -0.39 is 43.7 Å². The van der Waals surface area contributed by atoms with Crippen molar-refractivity contribution in [1.82, 2.24) is 0 Å². The molecule has 0 fully saturated rings. The van der Waals surface area contributed by atoms with Crippen molar-refractivity contribution in [1.29, 1.82) is 0 Å². The Morgan fingerprint density at radius 3 is 1.04 bits per heavy atom. The van der Waals surface area contributed by atoms with Crippen LogP contribution in [-0.2, 0) is 13.7 Å². The Hall–Kier alpha value is -3.31. The predicted molar refractivity (Wildman–Crippen MR) is 160 cm³/mol. The molecule has 0 heterocycles. The molecule has 0 aliphatic carbocycles. The van der Waals surface area contributed by atoms with E-state index in [-0.39, 0.29) is 51.8 Å². The second-order valence-electron chi connectivity index (χ2n) is 10.2. The van der Waals surface area contributed by atoms with Gasteiger partial charge in [0.25, 0.3) is 0 Å². The number of ether oxygens (including phenoxy) is 3. The molecule has 268 valence electrons. The summed E-state index contributed by atoms with van der Waals surface area (Å²) in [6.45, 7) is 6.16. The zero-order valence-corrected chi connectivity index (χ0v) is 27.5. The molecule has 0 bridgehead atoms. The average Bonchev–Trinajstić information content (AvgIpc) is 3.04. The number of halogens is 9. The Balaban J connectivity index is 2.37. The van der Waals surface area contributed by atoms with Crippen molar-refractivity contribution in [3.8, 4) is 17.2 Å². The minimum atomic E-state index is -7.50. The van der Waals surface area contributed by atoms with E-state index in [0.29, 0.717) is 19.3 Å². The summed E-state index contributed by atoms with van der Waals surface area (Å²) in [5.41, 5.74) is 0. The van der Waals surface area contributed by atoms with Gasteiger partial charge in [0.2, 0.25) is 0 Å². The van der Waals surface area contributed by atoms with Crippen LogP contribution in [0.5, 0.6) is 17.2 Å². The molecule has 0 atom stereocenters. The van der Waals surface area contributed by atoms with Crippen molar-refractivity contribution in [2.75, 3.05) is 19.8 Å². The van der Waals surface area contributed by atoms with Crippen molar-refractivity contribution >= 4 is 20.4 Å². The summed E-state index contributed by atoms with van der Waals surface area (Å²) in [6, 6.07) is 14.9. The first kappa shape index (κ1) is 39.1. The van der Waals surface area contributed by atoms with Gasteiger partial charge in [0.05, 0.1) is 19.8 Å². The number of alkyl halides is 9. The molecular weight excluding hydrogens is 703 g/mol. The molecule has 48 heavy (non-hydrogen) atoms. The second kappa shape index (κ2) is 15.1. The third-order valence-corrected chi connectivity index (χ3v) is 11.7. The van der Waals surface area contributed by atoms with E-state index in [9.17, 15) is 39.2 Å². The van der Waals surface area contributed by atoms with Crippen LogP contribution in [-0.4, -0.2) is 51.5 Å². The average molecular weight is 737 g/mol. The molecule has 3 rings (SSSR count). The molecule has 17 heteroatoms. The summed E-state index contributed by atoms with van der Waals surface area (Å²) >= 11 is 0. The zero-order chi connectivity index (χ0) is 36.0. The Labute approximate surface area is 273 Å². The lowest BCUT2D eigenvalue weighted by Gasteiger charge is -2.41. The molecule has 0 saturated heterocycles. The van der Waals surface area contributed by atoms with E-state index in [2.05, 4.69) is 0 Å². The largest absolute Gasteiger partial charge is 0.494 e. The van der Waals surface area contributed by atoms with Crippen molar-refractivity contribution in [3.05, 3.63) is 72.8 Å². The summed E-state index contributed by atoms with van der Waals surface area (Å²) in [5.74, 6) is -14.3. The third-order valence-electron chi connectivity index (χ3n) is 6.51. The fourth-order valence-corrected chi connectivity index (χ4v) is 9.24. The Kier molecular flexibility index (Phi) is 12.3. The Bertz CT molecular complexity index is 1460. The Morgan fingerprint density at radius 1 is 0.500 bits per heavy atom. The van der Waals surface area contributed by atoms with E-state index in [1.165, 1.54) is 72.8 Å². The highest BCUT2D eigenvalue weighted by atomic mass is 32.3. The van der Waals surface area contributed by atoms with Gasteiger partial charge in [-0.25, -0.2) is 3.63 Å². The molecule has 0 saturated carbocycles. The molecule has 0 aliphatic rings. The molecule has 0 aromatic heterocycles. The van der Waals surface area contributed by atoms with Gasteiger partial charge in [0.1, 0.15) is 17.2 Å². The van der Waals surface area contributed by atoms with Crippen LogP contribution in [0, 0.1) is 0 Å². The SMILES string of the molecule is CCCOc1ccc(S(OS(=O)(=O)C(F)(F)C(F)(F)C(F)(F)C(F)(F)F)(c2ccc(OCCC)cc2)c2ccc(OCCC)cc2)cc1. The molecule has 3 aromatic rings. The van der Waals surface area contributed by atoms with Gasteiger partial charge >= 0.3 is 33.4 Å². The van der Waals surface area contributed by atoms with Crippen molar-refractivity contribution in [2.45, 2.75) is 78.0 Å². The highest BCUT2D eigenvalue weighted by Gasteiger charge is 2.86. The van der Waals surface area contributed by atoms with Gasteiger partial charge in [-0.05, 0) is 102 Å². The maximum Gasteiger partial charge on any atom is 0.460 e. The van der Waals surface area contributed by atoms with Gasteiger partial charge in [-0.2, -0.15) is 47.9 Å². The lowest BCUT2D eigenvalue weighted by molar-refractivity contribution is -0.382. The summed E-state index contributed by atoms with van der Waals surface area (Å²) in [4.78, 5) is -0.747. The predicted octanol–water partition coefficient (Wildman–Crippen LogP) is 10.0. The quantitative estimate of drug-likeness (QED) is 0.129. The van der Waals surface area contributed by atoms with Gasteiger partial charge in [-0.15, -0.1) is 0 Å². The monoisotopic (exact) mass is 736 g/mol. The minimum Gasteiger partial charge on any atom is -0.494 e. The molecule has 6 nitrogen and oxygen atoms in total. The first-order valence-corrected chi connectivity index (χ1v) is 17.5. The topological polar surface area (TPSA) is 71.1 Å². The van der Waals surface area contributed by atoms with Gasteiger partial charge in [0.15, 0.2) is 0 Å². The van der Waals surface area contributed by atoms with Crippen LogP contribution < -0.4 is 14.2 Å². The number of rotatable bonds is 17. The normalized spacial score (nSPS) is 13.7. The van der Waals surface area contributed by atoms with Crippen LogP contribution in [0.2, 0.25) is 0 Å². The van der Waals surface area contributed by atoms with Crippen LogP contribution in [0.4, 0.5) is 39.5 Å². The van der Waals surface area contributed by atoms with Crippen LogP contribution in [0.1, 0.15) is 40.0 Å². The molecule has 0 radical (unpaired) electrons. The molecule has 0 aliphatic heterocycles. The summed E-state index contributed by atoms with van der Waals surface area (Å²) in [7, 11) is -11.6. The van der Waals surface area contributed by atoms with E-state index in [1.807, 2.05) is 20.8 Å². The van der Waals surface area contributed by atoms with Crippen LogP contribution in [0.15, 0.2) is 87.5 Å². The standard InChI is InChI=1S/C31H33F9O6S2/c1-4-19-43-22-7-13-25(14-8-22)47(26-15-9-23(10-16-26)44-20-5-2,27-17-11-24(12-18-27)45-21-6-3)46-48(41,42)31(39,40)29(34,35)28(32,33)30(36,37)38/h7-18H,4-6,19-21H2,1-3H3. The molecule has 0 amide bonds. The lowest BCUT2D eigenvalue weighted by atomic mass is 10.1. The molecule has 3 aromatic carbocycles. The number of hydrogen-bond acceptors (Lipinski definition) is 6. The van der Waals surface area contributed by atoms with E-state index in [1.54, 1.807) is 0 Å². The zero-order valence-electron chi connectivity index (χ0n) is 25.8. The van der Waals surface area contributed by atoms with Gasteiger partial charge in [-0.1, -0.05) is 20.8 Å². The maximum absolute atomic E-state index is 15.2. The van der Waals surface area contributed by atoms with E-state index in [0.717, 1.165) is 0 Å². The van der Waals surface area contributed by atoms with Crippen LogP contribution in [0.25, 0.3) is 0 Å². The molecule has 0 spiro atoms.